The normalized spacial score (nSPS) is 14.1. The molecule has 0 bridgehead atoms. The van der Waals surface area contributed by atoms with E-state index in [2.05, 4.69) is 41.8 Å². The van der Waals surface area contributed by atoms with Gasteiger partial charge in [0.15, 0.2) is 5.69 Å². The minimum Gasteiger partial charge on any atom is -0.378 e. The Hall–Kier alpha value is -4.34. The highest BCUT2D eigenvalue weighted by molar-refractivity contribution is 6.06. The minimum absolute atomic E-state index is 0.0341. The van der Waals surface area contributed by atoms with E-state index in [9.17, 15) is 4.79 Å². The lowest BCUT2D eigenvalue weighted by molar-refractivity contribution is 0.0950. The lowest BCUT2D eigenvalue weighted by Gasteiger charge is -2.06. The van der Waals surface area contributed by atoms with E-state index in [1.807, 2.05) is 48.5 Å². The standard InChI is InChI=1S/C20H16N8O2/c21-18-19(26-30-25-18)28-17(13-7-2-1-3-8-13)16(23-27-28)20(29)24-22-15-11-10-12-6-4-5-9-14(12)15/h1-9H,10-11H2,(H2,21,25)(H,24,29)/b22-15-. The number of nitrogens with zero attached hydrogens (tertiary/aromatic N) is 6. The molecule has 148 valence electrons. The monoisotopic (exact) mass is 400 g/mol. The highest BCUT2D eigenvalue weighted by atomic mass is 16.6. The van der Waals surface area contributed by atoms with E-state index in [-0.39, 0.29) is 17.3 Å². The number of amides is 1. The third kappa shape index (κ3) is 3.00. The van der Waals surface area contributed by atoms with Crippen molar-refractivity contribution < 1.29 is 9.42 Å². The maximum absolute atomic E-state index is 13.0. The Morgan fingerprint density at radius 2 is 1.87 bits per heavy atom. The van der Waals surface area contributed by atoms with Crippen LogP contribution in [0, 0.1) is 0 Å². The largest absolute Gasteiger partial charge is 0.378 e. The zero-order valence-corrected chi connectivity index (χ0v) is 15.7. The fourth-order valence-electron chi connectivity index (χ4n) is 3.47. The second kappa shape index (κ2) is 7.24. The molecule has 1 aliphatic carbocycles. The van der Waals surface area contributed by atoms with Crippen molar-refractivity contribution in [1.29, 1.82) is 0 Å². The van der Waals surface area contributed by atoms with E-state index in [4.69, 9.17) is 5.73 Å². The molecular formula is C20H16N8O2. The summed E-state index contributed by atoms with van der Waals surface area (Å²) < 4.78 is 6.00. The molecule has 2 aromatic carbocycles. The number of fused-ring (bicyclic) bond motifs is 1. The van der Waals surface area contributed by atoms with Gasteiger partial charge in [-0.15, -0.1) is 5.10 Å². The van der Waals surface area contributed by atoms with Gasteiger partial charge in [-0.05, 0) is 28.7 Å². The van der Waals surface area contributed by atoms with Crippen LogP contribution in [0.5, 0.6) is 0 Å². The second-order valence-electron chi connectivity index (χ2n) is 6.69. The molecule has 30 heavy (non-hydrogen) atoms. The van der Waals surface area contributed by atoms with E-state index in [0.29, 0.717) is 11.3 Å². The molecular weight excluding hydrogens is 384 g/mol. The number of benzene rings is 2. The molecule has 2 aromatic heterocycles. The first-order valence-electron chi connectivity index (χ1n) is 9.27. The average Bonchev–Trinajstić information content (AvgIpc) is 3.50. The molecule has 0 spiro atoms. The van der Waals surface area contributed by atoms with Gasteiger partial charge in [0, 0.05) is 11.1 Å². The van der Waals surface area contributed by atoms with Gasteiger partial charge in [0.1, 0.15) is 5.69 Å². The number of anilines is 1. The molecule has 2 heterocycles. The number of aryl methyl sites for hydroxylation is 1. The summed E-state index contributed by atoms with van der Waals surface area (Å²) in [6.07, 6.45) is 1.66. The quantitative estimate of drug-likeness (QED) is 0.500. The van der Waals surface area contributed by atoms with Gasteiger partial charge in [-0.25, -0.2) is 10.1 Å². The number of carbonyl (C=O) groups is 1. The minimum atomic E-state index is -0.494. The molecule has 10 heteroatoms. The summed E-state index contributed by atoms with van der Waals surface area (Å²) in [4.78, 5) is 13.0. The first-order chi connectivity index (χ1) is 14.7. The van der Waals surface area contributed by atoms with Crippen molar-refractivity contribution in [2.24, 2.45) is 5.10 Å². The summed E-state index contributed by atoms with van der Waals surface area (Å²) in [5.74, 6) is -0.310. The van der Waals surface area contributed by atoms with Gasteiger partial charge in [0.05, 0.1) is 5.71 Å². The molecule has 0 atom stereocenters. The van der Waals surface area contributed by atoms with Gasteiger partial charge in [-0.1, -0.05) is 59.8 Å². The highest BCUT2D eigenvalue weighted by Crippen LogP contribution is 2.26. The van der Waals surface area contributed by atoms with Crippen LogP contribution in [-0.4, -0.2) is 36.9 Å². The van der Waals surface area contributed by atoms with Crippen molar-refractivity contribution in [3.63, 3.8) is 0 Å². The van der Waals surface area contributed by atoms with Crippen LogP contribution in [0.25, 0.3) is 17.1 Å². The molecule has 5 rings (SSSR count). The van der Waals surface area contributed by atoms with Crippen LogP contribution in [0.4, 0.5) is 5.82 Å². The van der Waals surface area contributed by atoms with Crippen molar-refractivity contribution in [1.82, 2.24) is 30.7 Å². The maximum atomic E-state index is 13.0. The zero-order valence-electron chi connectivity index (χ0n) is 15.7. The molecule has 1 amide bonds. The van der Waals surface area contributed by atoms with E-state index in [1.165, 1.54) is 10.2 Å². The third-order valence-corrected chi connectivity index (χ3v) is 4.88. The first kappa shape index (κ1) is 17.7. The van der Waals surface area contributed by atoms with Crippen LogP contribution >= 0.6 is 0 Å². The van der Waals surface area contributed by atoms with Gasteiger partial charge in [-0.2, -0.15) is 9.78 Å². The summed E-state index contributed by atoms with van der Waals surface area (Å²) in [5.41, 5.74) is 12.7. The number of aromatic nitrogens is 5. The maximum Gasteiger partial charge on any atom is 0.294 e. The average molecular weight is 400 g/mol. The Kier molecular flexibility index (Phi) is 4.28. The fourth-order valence-corrected chi connectivity index (χ4v) is 3.47. The van der Waals surface area contributed by atoms with Gasteiger partial charge in [0.2, 0.25) is 11.6 Å². The summed E-state index contributed by atoms with van der Waals surface area (Å²) >= 11 is 0. The lowest BCUT2D eigenvalue weighted by Crippen LogP contribution is -2.21. The number of hydrazone groups is 1. The molecule has 0 saturated carbocycles. The summed E-state index contributed by atoms with van der Waals surface area (Å²) in [6, 6.07) is 17.2. The number of hydrogen-bond donors (Lipinski definition) is 2. The molecule has 0 radical (unpaired) electrons. The van der Waals surface area contributed by atoms with E-state index < -0.39 is 5.91 Å². The van der Waals surface area contributed by atoms with Crippen molar-refractivity contribution in [3.05, 3.63) is 71.4 Å². The topological polar surface area (TPSA) is 137 Å². The Bertz CT molecular complexity index is 1260. The Morgan fingerprint density at radius 1 is 1.07 bits per heavy atom. The Balaban J connectivity index is 1.52. The summed E-state index contributed by atoms with van der Waals surface area (Å²) in [6.45, 7) is 0. The fraction of sp³-hybridized carbons (Fsp3) is 0.100. The number of nitrogens with two attached hydrogens (primary N) is 1. The zero-order chi connectivity index (χ0) is 20.5. The van der Waals surface area contributed by atoms with Crippen molar-refractivity contribution in [2.75, 3.05) is 5.73 Å². The lowest BCUT2D eigenvalue weighted by atomic mass is 10.1. The predicted octanol–water partition coefficient (Wildman–Crippen LogP) is 1.98. The second-order valence-corrected chi connectivity index (χ2v) is 6.69. The van der Waals surface area contributed by atoms with Crippen LogP contribution in [0.3, 0.4) is 0 Å². The summed E-state index contributed by atoms with van der Waals surface area (Å²) in [5, 5.41) is 19.8. The Labute approximate surface area is 170 Å². The van der Waals surface area contributed by atoms with E-state index in [0.717, 1.165) is 24.1 Å². The SMILES string of the molecule is Nc1nonc1-n1nnc(C(=O)N/N=C2/CCc3ccccc32)c1-c1ccccc1. The van der Waals surface area contributed by atoms with Crippen LogP contribution in [-0.2, 0) is 6.42 Å². The molecule has 0 saturated heterocycles. The number of rotatable bonds is 4. The van der Waals surface area contributed by atoms with Gasteiger partial charge < -0.3 is 5.73 Å². The first-order valence-corrected chi connectivity index (χ1v) is 9.27. The van der Waals surface area contributed by atoms with Gasteiger partial charge >= 0.3 is 0 Å². The number of carbonyl (C=O) groups excluding carboxylic acids is 1. The van der Waals surface area contributed by atoms with Crippen LogP contribution in [0.15, 0.2) is 64.3 Å². The smallest absolute Gasteiger partial charge is 0.294 e. The molecule has 0 aliphatic heterocycles. The van der Waals surface area contributed by atoms with E-state index >= 15 is 0 Å². The molecule has 3 N–H and O–H groups in total. The number of nitrogen functional groups attached to an aromatic ring is 1. The molecule has 0 fully saturated rings. The van der Waals surface area contributed by atoms with Crippen LogP contribution in [0.2, 0.25) is 0 Å². The van der Waals surface area contributed by atoms with Crippen molar-refractivity contribution >= 4 is 17.4 Å². The van der Waals surface area contributed by atoms with Gasteiger partial charge in [-0.3, -0.25) is 4.79 Å². The predicted molar refractivity (Wildman–Crippen MR) is 108 cm³/mol. The van der Waals surface area contributed by atoms with Crippen LogP contribution in [0.1, 0.15) is 28.0 Å². The molecule has 0 unspecified atom stereocenters. The molecule has 10 nitrogen and oxygen atoms in total. The summed E-state index contributed by atoms with van der Waals surface area (Å²) in [7, 11) is 0. The van der Waals surface area contributed by atoms with Gasteiger partial charge in [0.25, 0.3) is 5.91 Å². The van der Waals surface area contributed by atoms with E-state index in [1.54, 1.807) is 0 Å². The molecule has 4 aromatic rings. The number of hydrogen-bond acceptors (Lipinski definition) is 8. The van der Waals surface area contributed by atoms with Crippen molar-refractivity contribution in [2.45, 2.75) is 12.8 Å². The van der Waals surface area contributed by atoms with Crippen molar-refractivity contribution in [3.8, 4) is 17.1 Å². The molecule has 1 aliphatic rings. The Morgan fingerprint density at radius 3 is 2.67 bits per heavy atom. The number of nitrogens with one attached hydrogen (secondary N) is 1. The van der Waals surface area contributed by atoms with Crippen LogP contribution < -0.4 is 11.2 Å². The third-order valence-electron chi connectivity index (χ3n) is 4.88. The highest BCUT2D eigenvalue weighted by Gasteiger charge is 2.25.